The zero-order chi connectivity index (χ0) is 25.0. The number of ether oxygens (including phenoxy) is 7. The minimum Gasteiger partial charge on any atom is -0.394 e. The Hall–Kier alpha value is -1.96. The number of amides is 2. The molecule has 35 heavy (non-hydrogen) atoms. The number of hydrogen-bond acceptors (Lipinski definition) is 10. The molecule has 0 atom stereocenters. The van der Waals surface area contributed by atoms with Gasteiger partial charge in [0.1, 0.15) is 0 Å². The summed E-state index contributed by atoms with van der Waals surface area (Å²) in [7, 11) is 0. The fourth-order valence-electron chi connectivity index (χ4n) is 3.08. The van der Waals surface area contributed by atoms with Crippen molar-refractivity contribution < 1.29 is 47.9 Å². The largest absolute Gasteiger partial charge is 0.394 e. The van der Waals surface area contributed by atoms with Crippen molar-refractivity contribution in [2.24, 2.45) is 0 Å². The van der Waals surface area contributed by atoms with Crippen LogP contribution in [0.5, 0.6) is 0 Å². The van der Waals surface area contributed by atoms with Gasteiger partial charge in [-0.1, -0.05) is 12.1 Å². The fourth-order valence-corrected chi connectivity index (χ4v) is 3.08. The Bertz CT molecular complexity index is 682. The summed E-state index contributed by atoms with van der Waals surface area (Å²) in [6.07, 6.45) is 0. The van der Waals surface area contributed by atoms with Crippen LogP contribution in [0, 0.1) is 0 Å². The van der Waals surface area contributed by atoms with E-state index in [2.05, 4.69) is 0 Å². The lowest BCUT2D eigenvalue weighted by Gasteiger charge is -2.13. The molecule has 1 aromatic rings. The van der Waals surface area contributed by atoms with Gasteiger partial charge in [0.25, 0.3) is 11.8 Å². The summed E-state index contributed by atoms with van der Waals surface area (Å²) in [5, 5.41) is 8.55. The van der Waals surface area contributed by atoms with E-state index in [0.717, 1.165) is 0 Å². The quantitative estimate of drug-likeness (QED) is 0.167. The van der Waals surface area contributed by atoms with Crippen LogP contribution in [-0.4, -0.2) is 127 Å². The van der Waals surface area contributed by atoms with Crippen molar-refractivity contribution in [1.82, 2.24) is 4.90 Å². The summed E-state index contributed by atoms with van der Waals surface area (Å²) in [6, 6.07) is 6.81. The van der Waals surface area contributed by atoms with Crippen LogP contribution in [-0.2, 0) is 33.2 Å². The molecule has 2 amide bonds. The molecule has 1 heterocycles. The zero-order valence-electron chi connectivity index (χ0n) is 20.2. The van der Waals surface area contributed by atoms with E-state index in [1.165, 1.54) is 4.90 Å². The molecular formula is C24H37NO10. The van der Waals surface area contributed by atoms with E-state index in [4.69, 9.17) is 38.3 Å². The topological polar surface area (TPSA) is 122 Å². The molecule has 0 aliphatic carbocycles. The van der Waals surface area contributed by atoms with Gasteiger partial charge in [-0.05, 0) is 12.1 Å². The minimum absolute atomic E-state index is 0.0182. The second kappa shape index (κ2) is 19.3. The van der Waals surface area contributed by atoms with Crippen LogP contribution in [0.4, 0.5) is 0 Å². The molecule has 0 fully saturated rings. The van der Waals surface area contributed by atoms with Gasteiger partial charge in [0.15, 0.2) is 0 Å². The molecule has 11 nitrogen and oxygen atoms in total. The second-order valence-corrected chi connectivity index (χ2v) is 7.32. The number of carbonyl (C=O) groups is 2. The monoisotopic (exact) mass is 499 g/mol. The van der Waals surface area contributed by atoms with Crippen LogP contribution in [0.1, 0.15) is 20.7 Å². The smallest absolute Gasteiger partial charge is 0.261 e. The molecule has 1 aliphatic rings. The second-order valence-electron chi connectivity index (χ2n) is 7.32. The van der Waals surface area contributed by atoms with Crippen molar-refractivity contribution in [3.05, 3.63) is 35.4 Å². The summed E-state index contributed by atoms with van der Waals surface area (Å²) >= 11 is 0. The number of rotatable bonds is 23. The van der Waals surface area contributed by atoms with Gasteiger partial charge in [-0.2, -0.15) is 0 Å². The predicted octanol–water partition coefficient (Wildman–Crippen LogP) is 0.391. The Kier molecular flexibility index (Phi) is 16.1. The van der Waals surface area contributed by atoms with Gasteiger partial charge in [-0.3, -0.25) is 14.5 Å². The molecule has 11 heteroatoms. The first-order valence-electron chi connectivity index (χ1n) is 11.9. The Balaban J connectivity index is 1.27. The maximum absolute atomic E-state index is 12.2. The Morgan fingerprint density at radius 3 is 1.17 bits per heavy atom. The molecule has 0 saturated heterocycles. The molecule has 0 saturated carbocycles. The summed E-state index contributed by atoms with van der Waals surface area (Å²) in [5.74, 6) is -0.552. The van der Waals surface area contributed by atoms with E-state index in [1.54, 1.807) is 24.3 Å². The first-order valence-corrected chi connectivity index (χ1v) is 11.9. The third-order valence-electron chi connectivity index (χ3n) is 4.81. The maximum atomic E-state index is 12.2. The molecule has 0 radical (unpaired) electrons. The maximum Gasteiger partial charge on any atom is 0.261 e. The molecule has 0 unspecified atom stereocenters. The average molecular weight is 500 g/mol. The molecule has 0 spiro atoms. The zero-order valence-corrected chi connectivity index (χ0v) is 20.2. The van der Waals surface area contributed by atoms with Crippen LogP contribution in [0.3, 0.4) is 0 Å². The number of hydrogen-bond donors (Lipinski definition) is 1. The highest BCUT2D eigenvalue weighted by molar-refractivity contribution is 6.21. The van der Waals surface area contributed by atoms with Crippen molar-refractivity contribution in [2.75, 3.05) is 106 Å². The molecular weight excluding hydrogens is 462 g/mol. The van der Waals surface area contributed by atoms with Crippen LogP contribution < -0.4 is 0 Å². The van der Waals surface area contributed by atoms with E-state index in [1.807, 2.05) is 0 Å². The number of nitrogens with zero attached hydrogens (tertiary/aromatic N) is 1. The van der Waals surface area contributed by atoms with Crippen LogP contribution in [0.15, 0.2) is 24.3 Å². The van der Waals surface area contributed by atoms with Crippen molar-refractivity contribution in [3.8, 4) is 0 Å². The van der Waals surface area contributed by atoms with Gasteiger partial charge in [0.05, 0.1) is 117 Å². The van der Waals surface area contributed by atoms with Gasteiger partial charge in [0, 0.05) is 0 Å². The molecule has 0 bridgehead atoms. The third-order valence-corrected chi connectivity index (χ3v) is 4.81. The highest BCUT2D eigenvalue weighted by atomic mass is 16.6. The van der Waals surface area contributed by atoms with Crippen molar-refractivity contribution in [1.29, 1.82) is 0 Å². The lowest BCUT2D eigenvalue weighted by molar-refractivity contribution is -0.0217. The van der Waals surface area contributed by atoms with Gasteiger partial charge >= 0.3 is 0 Å². The van der Waals surface area contributed by atoms with Gasteiger partial charge in [-0.15, -0.1) is 0 Å². The number of benzene rings is 1. The standard InChI is InChI=1S/C24H37NO10/c26-6-8-30-10-12-32-14-16-34-18-20-35-19-17-33-15-13-31-11-9-29-7-5-25-23(27)21-3-1-2-4-22(21)24(25)28/h1-4,26H,5-20H2. The fraction of sp³-hybridized carbons (Fsp3) is 0.667. The predicted molar refractivity (Wildman–Crippen MR) is 125 cm³/mol. The number of imide groups is 1. The lowest BCUT2D eigenvalue weighted by atomic mass is 10.1. The van der Waals surface area contributed by atoms with Crippen molar-refractivity contribution in [3.63, 3.8) is 0 Å². The number of aliphatic hydroxyl groups excluding tert-OH is 1. The average Bonchev–Trinajstić information content (AvgIpc) is 3.12. The summed E-state index contributed by atoms with van der Waals surface area (Å²) in [6.45, 7) is 6.33. The number of fused-ring (bicyclic) bond motifs is 1. The van der Waals surface area contributed by atoms with Crippen LogP contribution >= 0.6 is 0 Å². The van der Waals surface area contributed by atoms with E-state index in [-0.39, 0.29) is 31.6 Å². The number of carbonyl (C=O) groups excluding carboxylic acids is 2. The molecule has 1 aliphatic heterocycles. The minimum atomic E-state index is -0.276. The SMILES string of the molecule is O=C1c2ccccc2C(=O)N1CCOCCOCCOCCOCCOCCOCCOCCO. The molecule has 1 aromatic carbocycles. The van der Waals surface area contributed by atoms with Crippen LogP contribution in [0.25, 0.3) is 0 Å². The summed E-state index contributed by atoms with van der Waals surface area (Å²) < 4.78 is 37.5. The molecule has 198 valence electrons. The van der Waals surface area contributed by atoms with E-state index >= 15 is 0 Å². The summed E-state index contributed by atoms with van der Waals surface area (Å²) in [5.41, 5.74) is 0.887. The third kappa shape index (κ3) is 12.0. The van der Waals surface area contributed by atoms with E-state index in [0.29, 0.717) is 97.0 Å². The van der Waals surface area contributed by atoms with E-state index in [9.17, 15) is 9.59 Å². The Morgan fingerprint density at radius 1 is 0.514 bits per heavy atom. The van der Waals surface area contributed by atoms with Gasteiger partial charge in [-0.25, -0.2) is 0 Å². The molecule has 1 N–H and O–H groups in total. The Labute approximate surface area is 206 Å². The van der Waals surface area contributed by atoms with Crippen molar-refractivity contribution >= 4 is 11.8 Å². The van der Waals surface area contributed by atoms with Gasteiger partial charge < -0.3 is 38.3 Å². The normalized spacial score (nSPS) is 13.1. The first-order chi connectivity index (χ1) is 17.3. The first kappa shape index (κ1) is 29.3. The summed E-state index contributed by atoms with van der Waals surface area (Å²) in [4.78, 5) is 25.7. The molecule has 2 rings (SSSR count). The highest BCUT2D eigenvalue weighted by Gasteiger charge is 2.34. The highest BCUT2D eigenvalue weighted by Crippen LogP contribution is 2.21. The van der Waals surface area contributed by atoms with E-state index < -0.39 is 0 Å². The van der Waals surface area contributed by atoms with Crippen LogP contribution in [0.2, 0.25) is 0 Å². The number of aliphatic hydroxyl groups is 1. The van der Waals surface area contributed by atoms with Crippen molar-refractivity contribution in [2.45, 2.75) is 0 Å². The lowest BCUT2D eigenvalue weighted by Crippen LogP contribution is -2.33. The van der Waals surface area contributed by atoms with Gasteiger partial charge in [0.2, 0.25) is 0 Å². The Morgan fingerprint density at radius 2 is 0.829 bits per heavy atom. The molecule has 0 aromatic heterocycles.